The lowest BCUT2D eigenvalue weighted by atomic mass is 9.59. The van der Waals surface area contributed by atoms with E-state index in [-0.39, 0.29) is 35.4 Å². The highest BCUT2D eigenvalue weighted by Gasteiger charge is 2.52. The topological polar surface area (TPSA) is 51.9 Å². The van der Waals surface area contributed by atoms with Crippen molar-refractivity contribution in [3.05, 3.63) is 35.8 Å². The summed E-state index contributed by atoms with van der Waals surface area (Å²) in [5.41, 5.74) is 1.79. The number of nitrogens with zero attached hydrogens (tertiary/aromatic N) is 1. The molecule has 1 saturated carbocycles. The molecule has 4 aliphatic rings. The average Bonchev–Trinajstić information content (AvgIpc) is 3.44. The second kappa shape index (κ2) is 8.16. The van der Waals surface area contributed by atoms with Gasteiger partial charge in [-0.3, -0.25) is 9.69 Å². The van der Waals surface area contributed by atoms with E-state index in [1.165, 1.54) is 19.3 Å². The van der Waals surface area contributed by atoms with Crippen LogP contribution < -0.4 is 0 Å². The number of fused-ring (bicyclic) bond motifs is 2. The molecule has 0 unspecified atom stereocenters. The summed E-state index contributed by atoms with van der Waals surface area (Å²) in [6, 6.07) is 3.94. The van der Waals surface area contributed by atoms with Crippen molar-refractivity contribution < 1.29 is 18.7 Å². The zero-order chi connectivity index (χ0) is 20.7. The third kappa shape index (κ3) is 3.87. The highest BCUT2D eigenvalue weighted by molar-refractivity contribution is 5.76. The summed E-state index contributed by atoms with van der Waals surface area (Å²) in [5, 5.41) is 0. The summed E-state index contributed by atoms with van der Waals surface area (Å²) in [5.74, 6) is 1.63. The number of esters is 1. The maximum absolute atomic E-state index is 13.0. The van der Waals surface area contributed by atoms with Gasteiger partial charge in [-0.15, -0.1) is 0 Å². The van der Waals surface area contributed by atoms with Crippen molar-refractivity contribution in [3.63, 3.8) is 0 Å². The number of allylic oxidation sites excluding steroid dienone is 1. The summed E-state index contributed by atoms with van der Waals surface area (Å²) < 4.78 is 17.5. The molecule has 2 aliphatic carbocycles. The van der Waals surface area contributed by atoms with Gasteiger partial charge in [0.25, 0.3) is 0 Å². The molecule has 164 valence electrons. The SMILES string of the molecule is C[C@H]1CCC[C@]2(C)C[C@H]3OC(=O)[C@@H](CN(Cc4ccco4)C[C@@H]4CCCO4)[C@H]3C=C12. The summed E-state index contributed by atoms with van der Waals surface area (Å²) in [7, 11) is 0. The fourth-order valence-electron chi connectivity index (χ4n) is 6.44. The Bertz CT molecular complexity index is 781. The van der Waals surface area contributed by atoms with Crippen LogP contribution >= 0.6 is 0 Å². The minimum Gasteiger partial charge on any atom is -0.468 e. The molecule has 0 N–H and O–H groups in total. The Morgan fingerprint density at radius 3 is 2.90 bits per heavy atom. The van der Waals surface area contributed by atoms with Crippen molar-refractivity contribution in [2.75, 3.05) is 19.7 Å². The number of hydrogen-bond donors (Lipinski definition) is 0. The van der Waals surface area contributed by atoms with Gasteiger partial charge in [-0.1, -0.05) is 31.9 Å². The van der Waals surface area contributed by atoms with Gasteiger partial charge in [-0.05, 0) is 55.6 Å². The number of furan rings is 1. The molecular formula is C25H35NO4. The molecule has 2 saturated heterocycles. The van der Waals surface area contributed by atoms with E-state index in [9.17, 15) is 4.79 Å². The molecule has 3 heterocycles. The summed E-state index contributed by atoms with van der Waals surface area (Å²) in [4.78, 5) is 15.3. The number of hydrogen-bond acceptors (Lipinski definition) is 5. The molecule has 30 heavy (non-hydrogen) atoms. The Kier molecular flexibility index (Phi) is 5.53. The van der Waals surface area contributed by atoms with Crippen molar-refractivity contribution >= 4 is 5.97 Å². The van der Waals surface area contributed by atoms with E-state index in [0.29, 0.717) is 19.0 Å². The van der Waals surface area contributed by atoms with E-state index in [4.69, 9.17) is 13.9 Å². The molecule has 5 heteroatoms. The van der Waals surface area contributed by atoms with E-state index in [2.05, 4.69) is 24.8 Å². The molecule has 5 rings (SSSR count). The van der Waals surface area contributed by atoms with Crippen LogP contribution in [0.3, 0.4) is 0 Å². The van der Waals surface area contributed by atoms with Gasteiger partial charge < -0.3 is 13.9 Å². The van der Waals surface area contributed by atoms with Crippen molar-refractivity contribution in [1.29, 1.82) is 0 Å². The van der Waals surface area contributed by atoms with Crippen LogP contribution in [0.15, 0.2) is 34.5 Å². The Morgan fingerprint density at radius 2 is 2.13 bits per heavy atom. The standard InChI is InChI=1S/C25H35NO4/c1-17-6-3-9-25(2)13-23-20(12-22(17)25)21(24(27)30-23)16-26(14-18-7-4-10-28-18)15-19-8-5-11-29-19/h4,7,10,12,17,19-21,23H,3,5-6,8-9,11,13-16H2,1-2H3/t17-,19-,20+,21-,23+,25+/m0/s1. The molecule has 0 aromatic carbocycles. The first-order valence-electron chi connectivity index (χ1n) is 11.8. The van der Waals surface area contributed by atoms with E-state index in [1.807, 2.05) is 12.1 Å². The second-order valence-corrected chi connectivity index (χ2v) is 10.2. The molecule has 3 fully saturated rings. The van der Waals surface area contributed by atoms with Crippen LogP contribution in [0.1, 0.15) is 58.1 Å². The van der Waals surface area contributed by atoms with Crippen LogP contribution in [0, 0.1) is 23.2 Å². The van der Waals surface area contributed by atoms with Crippen LogP contribution in [-0.4, -0.2) is 42.8 Å². The van der Waals surface area contributed by atoms with Crippen molar-refractivity contribution in [2.45, 2.75) is 71.1 Å². The van der Waals surface area contributed by atoms with E-state index >= 15 is 0 Å². The van der Waals surface area contributed by atoms with Crippen LogP contribution in [0.4, 0.5) is 0 Å². The van der Waals surface area contributed by atoms with Crippen LogP contribution in [0.2, 0.25) is 0 Å². The largest absolute Gasteiger partial charge is 0.468 e. The smallest absolute Gasteiger partial charge is 0.311 e. The van der Waals surface area contributed by atoms with Crippen molar-refractivity contribution in [3.8, 4) is 0 Å². The van der Waals surface area contributed by atoms with Gasteiger partial charge in [0.05, 0.1) is 24.8 Å². The quantitative estimate of drug-likeness (QED) is 0.505. The number of carbonyl (C=O) groups is 1. The lowest BCUT2D eigenvalue weighted by Gasteiger charge is -2.46. The normalized spacial score (nSPS) is 38.3. The van der Waals surface area contributed by atoms with Gasteiger partial charge in [0.2, 0.25) is 0 Å². The molecule has 1 aromatic heterocycles. The zero-order valence-corrected chi connectivity index (χ0v) is 18.3. The highest BCUT2D eigenvalue weighted by atomic mass is 16.6. The molecule has 0 radical (unpaired) electrons. The monoisotopic (exact) mass is 413 g/mol. The summed E-state index contributed by atoms with van der Waals surface area (Å²) >= 11 is 0. The van der Waals surface area contributed by atoms with Gasteiger partial charge >= 0.3 is 5.97 Å². The first kappa shape index (κ1) is 20.3. The zero-order valence-electron chi connectivity index (χ0n) is 18.3. The predicted molar refractivity (Wildman–Crippen MR) is 114 cm³/mol. The predicted octanol–water partition coefficient (Wildman–Crippen LogP) is 4.57. The summed E-state index contributed by atoms with van der Waals surface area (Å²) in [6.07, 6.45) is 11.4. The molecule has 0 amide bonds. The Labute approximate surface area is 179 Å². The van der Waals surface area contributed by atoms with Crippen molar-refractivity contribution in [1.82, 2.24) is 4.90 Å². The molecule has 2 aliphatic heterocycles. The number of ether oxygens (including phenoxy) is 2. The second-order valence-electron chi connectivity index (χ2n) is 10.2. The van der Waals surface area contributed by atoms with Gasteiger partial charge in [0.1, 0.15) is 11.9 Å². The van der Waals surface area contributed by atoms with E-state index in [1.54, 1.807) is 11.8 Å². The average molecular weight is 414 g/mol. The van der Waals surface area contributed by atoms with Crippen molar-refractivity contribution in [2.24, 2.45) is 23.2 Å². The maximum Gasteiger partial charge on any atom is 0.311 e. The molecular weight excluding hydrogens is 378 g/mol. The van der Waals surface area contributed by atoms with Crippen LogP contribution in [0.25, 0.3) is 0 Å². The molecule has 5 nitrogen and oxygen atoms in total. The lowest BCUT2D eigenvalue weighted by molar-refractivity contribution is -0.145. The minimum absolute atomic E-state index is 0.0199. The minimum atomic E-state index is -0.0995. The van der Waals surface area contributed by atoms with E-state index < -0.39 is 0 Å². The van der Waals surface area contributed by atoms with Crippen LogP contribution in [0.5, 0.6) is 0 Å². The first-order valence-corrected chi connectivity index (χ1v) is 11.8. The van der Waals surface area contributed by atoms with Gasteiger partial charge in [-0.25, -0.2) is 0 Å². The van der Waals surface area contributed by atoms with Crippen LogP contribution in [-0.2, 0) is 20.8 Å². The maximum atomic E-state index is 13.0. The fraction of sp³-hybridized carbons (Fsp3) is 0.720. The van der Waals surface area contributed by atoms with Gasteiger partial charge in [0.15, 0.2) is 0 Å². The molecule has 6 atom stereocenters. The number of carbonyl (C=O) groups excluding carboxylic acids is 1. The Hall–Kier alpha value is -1.59. The highest BCUT2D eigenvalue weighted by Crippen LogP contribution is 2.54. The molecule has 0 bridgehead atoms. The van der Waals surface area contributed by atoms with E-state index in [0.717, 1.165) is 38.2 Å². The summed E-state index contributed by atoms with van der Waals surface area (Å²) in [6.45, 7) is 7.84. The van der Waals surface area contributed by atoms with Gasteiger partial charge in [0, 0.05) is 25.6 Å². The third-order valence-corrected chi connectivity index (χ3v) is 7.98. The third-order valence-electron chi connectivity index (χ3n) is 7.98. The molecule has 0 spiro atoms. The lowest BCUT2D eigenvalue weighted by Crippen LogP contribution is -2.42. The Balaban J connectivity index is 1.36. The fourth-order valence-corrected chi connectivity index (χ4v) is 6.44. The number of rotatable bonds is 6. The molecule has 1 aromatic rings. The first-order chi connectivity index (χ1) is 14.5. The Morgan fingerprint density at radius 1 is 1.23 bits per heavy atom. The van der Waals surface area contributed by atoms with Gasteiger partial charge in [-0.2, -0.15) is 0 Å².